The highest BCUT2D eigenvalue weighted by molar-refractivity contribution is 5.34. The fourth-order valence-corrected chi connectivity index (χ4v) is 3.18. The summed E-state index contributed by atoms with van der Waals surface area (Å²) in [5.74, 6) is 0. The number of hydrogen-bond acceptors (Lipinski definition) is 2. The normalized spacial score (nSPS) is 17.4. The molecule has 1 aliphatic carbocycles. The molecule has 0 bridgehead atoms. The molecule has 2 aromatic rings. The SMILES string of the molecule is Cc1cc(C)n(CCCNC2CCc3ccccc32)n1. The van der Waals surface area contributed by atoms with Gasteiger partial charge in [-0.15, -0.1) is 0 Å². The largest absolute Gasteiger partial charge is 0.310 e. The average molecular weight is 269 g/mol. The van der Waals surface area contributed by atoms with Gasteiger partial charge in [-0.2, -0.15) is 5.10 Å². The van der Waals surface area contributed by atoms with Crippen LogP contribution < -0.4 is 5.32 Å². The first-order chi connectivity index (χ1) is 9.74. The number of rotatable bonds is 5. The van der Waals surface area contributed by atoms with Gasteiger partial charge < -0.3 is 5.32 Å². The fraction of sp³-hybridized carbons (Fsp3) is 0.471. The van der Waals surface area contributed by atoms with Crippen LogP contribution in [-0.4, -0.2) is 16.3 Å². The Kier molecular flexibility index (Phi) is 3.88. The lowest BCUT2D eigenvalue weighted by atomic mass is 10.1. The molecule has 0 aliphatic heterocycles. The minimum Gasteiger partial charge on any atom is -0.310 e. The number of fused-ring (bicyclic) bond motifs is 1. The minimum absolute atomic E-state index is 0.548. The van der Waals surface area contributed by atoms with E-state index in [-0.39, 0.29) is 0 Å². The highest BCUT2D eigenvalue weighted by Gasteiger charge is 2.20. The van der Waals surface area contributed by atoms with E-state index in [4.69, 9.17) is 0 Å². The summed E-state index contributed by atoms with van der Waals surface area (Å²) >= 11 is 0. The first kappa shape index (κ1) is 13.4. The van der Waals surface area contributed by atoms with Crippen LogP contribution in [0, 0.1) is 13.8 Å². The molecule has 0 saturated carbocycles. The van der Waals surface area contributed by atoms with Crippen LogP contribution in [0.25, 0.3) is 0 Å². The molecule has 0 radical (unpaired) electrons. The average Bonchev–Trinajstić information content (AvgIpc) is 2.99. The summed E-state index contributed by atoms with van der Waals surface area (Å²) in [5.41, 5.74) is 5.39. The predicted octanol–water partition coefficient (Wildman–Crippen LogP) is 3.17. The van der Waals surface area contributed by atoms with E-state index in [0.29, 0.717) is 6.04 Å². The molecule has 106 valence electrons. The summed E-state index contributed by atoms with van der Waals surface area (Å²) in [4.78, 5) is 0. The summed E-state index contributed by atoms with van der Waals surface area (Å²) in [7, 11) is 0. The predicted molar refractivity (Wildman–Crippen MR) is 81.8 cm³/mol. The van der Waals surface area contributed by atoms with Crippen LogP contribution in [-0.2, 0) is 13.0 Å². The monoisotopic (exact) mass is 269 g/mol. The van der Waals surface area contributed by atoms with Crippen LogP contribution in [0.5, 0.6) is 0 Å². The van der Waals surface area contributed by atoms with Gasteiger partial charge in [-0.05, 0) is 56.8 Å². The molecule has 3 rings (SSSR count). The maximum atomic E-state index is 4.50. The number of benzene rings is 1. The second-order valence-corrected chi connectivity index (χ2v) is 5.75. The summed E-state index contributed by atoms with van der Waals surface area (Å²) in [6.45, 7) is 6.23. The maximum absolute atomic E-state index is 4.50. The summed E-state index contributed by atoms with van der Waals surface area (Å²) in [5, 5.41) is 8.20. The lowest BCUT2D eigenvalue weighted by molar-refractivity contribution is 0.481. The molecule has 1 aromatic carbocycles. The number of nitrogens with zero attached hydrogens (tertiary/aromatic N) is 2. The van der Waals surface area contributed by atoms with Crippen molar-refractivity contribution in [2.45, 2.75) is 45.7 Å². The highest BCUT2D eigenvalue weighted by atomic mass is 15.3. The lowest BCUT2D eigenvalue weighted by Crippen LogP contribution is -2.21. The number of aryl methyl sites for hydroxylation is 4. The third-order valence-electron chi connectivity index (χ3n) is 4.17. The van der Waals surface area contributed by atoms with Gasteiger partial charge in [0.25, 0.3) is 0 Å². The Hall–Kier alpha value is -1.61. The summed E-state index contributed by atoms with van der Waals surface area (Å²) in [6, 6.07) is 11.5. The second kappa shape index (κ2) is 5.80. The van der Waals surface area contributed by atoms with Crippen molar-refractivity contribution >= 4 is 0 Å². The maximum Gasteiger partial charge on any atom is 0.0596 e. The third-order valence-corrected chi connectivity index (χ3v) is 4.17. The van der Waals surface area contributed by atoms with Crippen molar-refractivity contribution in [3.63, 3.8) is 0 Å². The van der Waals surface area contributed by atoms with Crippen molar-refractivity contribution in [3.8, 4) is 0 Å². The third kappa shape index (κ3) is 2.78. The molecule has 3 heteroatoms. The Morgan fingerprint density at radius 3 is 2.95 bits per heavy atom. The molecule has 1 aromatic heterocycles. The molecule has 0 amide bonds. The topological polar surface area (TPSA) is 29.9 Å². The zero-order valence-corrected chi connectivity index (χ0v) is 12.4. The van der Waals surface area contributed by atoms with E-state index in [1.807, 2.05) is 0 Å². The first-order valence-corrected chi connectivity index (χ1v) is 7.56. The molecule has 0 fully saturated rings. The van der Waals surface area contributed by atoms with Gasteiger partial charge in [0.2, 0.25) is 0 Å². The van der Waals surface area contributed by atoms with Crippen LogP contribution in [0.4, 0.5) is 0 Å². The van der Waals surface area contributed by atoms with E-state index in [0.717, 1.165) is 25.2 Å². The van der Waals surface area contributed by atoms with Crippen LogP contribution >= 0.6 is 0 Å². The van der Waals surface area contributed by atoms with Crippen LogP contribution in [0.15, 0.2) is 30.3 Å². The van der Waals surface area contributed by atoms with Gasteiger partial charge in [0.15, 0.2) is 0 Å². The van der Waals surface area contributed by atoms with Gasteiger partial charge in [-0.1, -0.05) is 24.3 Å². The van der Waals surface area contributed by atoms with E-state index in [2.05, 4.69) is 59.3 Å². The molecule has 0 spiro atoms. The van der Waals surface area contributed by atoms with Crippen molar-refractivity contribution in [1.29, 1.82) is 0 Å². The fourth-order valence-electron chi connectivity index (χ4n) is 3.18. The molecule has 1 heterocycles. The molecule has 3 nitrogen and oxygen atoms in total. The van der Waals surface area contributed by atoms with Crippen molar-refractivity contribution < 1.29 is 0 Å². The number of nitrogens with one attached hydrogen (secondary N) is 1. The van der Waals surface area contributed by atoms with E-state index in [9.17, 15) is 0 Å². The molecule has 1 unspecified atom stereocenters. The van der Waals surface area contributed by atoms with E-state index in [1.54, 1.807) is 0 Å². The quantitative estimate of drug-likeness (QED) is 0.845. The van der Waals surface area contributed by atoms with Gasteiger partial charge in [-0.3, -0.25) is 4.68 Å². The Morgan fingerprint density at radius 2 is 2.15 bits per heavy atom. The standard InChI is InChI=1S/C17H23N3/c1-13-12-14(2)20(19-13)11-5-10-18-17-9-8-15-6-3-4-7-16(15)17/h3-4,6-7,12,17-18H,5,8-11H2,1-2H3. The number of hydrogen-bond donors (Lipinski definition) is 1. The first-order valence-electron chi connectivity index (χ1n) is 7.56. The zero-order chi connectivity index (χ0) is 13.9. The molecule has 1 atom stereocenters. The Balaban J connectivity index is 1.48. The second-order valence-electron chi connectivity index (χ2n) is 5.75. The molecular formula is C17H23N3. The zero-order valence-electron chi connectivity index (χ0n) is 12.4. The Morgan fingerprint density at radius 1 is 1.30 bits per heavy atom. The van der Waals surface area contributed by atoms with E-state index >= 15 is 0 Å². The lowest BCUT2D eigenvalue weighted by Gasteiger charge is -2.14. The summed E-state index contributed by atoms with van der Waals surface area (Å²) in [6.07, 6.45) is 3.57. The van der Waals surface area contributed by atoms with Gasteiger partial charge in [0.1, 0.15) is 0 Å². The van der Waals surface area contributed by atoms with Gasteiger partial charge in [0, 0.05) is 18.3 Å². The van der Waals surface area contributed by atoms with Gasteiger partial charge in [0.05, 0.1) is 5.69 Å². The van der Waals surface area contributed by atoms with Crippen molar-refractivity contribution in [3.05, 3.63) is 52.8 Å². The van der Waals surface area contributed by atoms with Crippen molar-refractivity contribution in [1.82, 2.24) is 15.1 Å². The van der Waals surface area contributed by atoms with Crippen LogP contribution in [0.3, 0.4) is 0 Å². The van der Waals surface area contributed by atoms with Crippen molar-refractivity contribution in [2.75, 3.05) is 6.54 Å². The minimum atomic E-state index is 0.548. The Bertz CT molecular complexity index is 586. The molecule has 20 heavy (non-hydrogen) atoms. The Labute approximate surface area is 121 Å². The summed E-state index contributed by atoms with van der Waals surface area (Å²) < 4.78 is 2.11. The highest BCUT2D eigenvalue weighted by Crippen LogP contribution is 2.30. The van der Waals surface area contributed by atoms with Gasteiger partial charge >= 0.3 is 0 Å². The van der Waals surface area contributed by atoms with E-state index in [1.165, 1.54) is 29.7 Å². The van der Waals surface area contributed by atoms with Crippen LogP contribution in [0.2, 0.25) is 0 Å². The number of aromatic nitrogens is 2. The molecule has 0 saturated heterocycles. The van der Waals surface area contributed by atoms with Crippen molar-refractivity contribution in [2.24, 2.45) is 0 Å². The molecular weight excluding hydrogens is 246 g/mol. The van der Waals surface area contributed by atoms with E-state index < -0.39 is 0 Å². The van der Waals surface area contributed by atoms with Gasteiger partial charge in [-0.25, -0.2) is 0 Å². The van der Waals surface area contributed by atoms with Crippen LogP contribution in [0.1, 0.15) is 41.4 Å². The molecule has 1 aliphatic rings. The smallest absolute Gasteiger partial charge is 0.0596 e. The molecule has 1 N–H and O–H groups in total.